The van der Waals surface area contributed by atoms with E-state index in [0.29, 0.717) is 22.4 Å². The number of imidazole rings is 1. The predicted octanol–water partition coefficient (Wildman–Crippen LogP) is 2.21. The van der Waals surface area contributed by atoms with E-state index in [1.807, 2.05) is 6.92 Å². The van der Waals surface area contributed by atoms with E-state index in [4.69, 9.17) is 0 Å². The van der Waals surface area contributed by atoms with Gasteiger partial charge in [0.15, 0.2) is 15.9 Å². The standard InChI is InChI=1S/C10H9Br3N4O2/c1-4(11)5(12)3-17-6-7(14-9(17)13)16(2)10(19)15-8(6)18/h3H2,1-2H3,(H,15,18,19)/b5-4+. The Morgan fingerprint density at radius 2 is 2.00 bits per heavy atom. The fourth-order valence-corrected chi connectivity index (χ4v) is 2.45. The summed E-state index contributed by atoms with van der Waals surface area (Å²) in [4.78, 5) is 29.9. The van der Waals surface area contributed by atoms with Gasteiger partial charge in [-0.3, -0.25) is 14.3 Å². The van der Waals surface area contributed by atoms with Crippen LogP contribution in [0.2, 0.25) is 0 Å². The van der Waals surface area contributed by atoms with Gasteiger partial charge in [0.2, 0.25) is 0 Å². The molecule has 0 radical (unpaired) electrons. The van der Waals surface area contributed by atoms with Crippen molar-refractivity contribution in [2.24, 2.45) is 7.05 Å². The lowest BCUT2D eigenvalue weighted by Gasteiger charge is -2.05. The Morgan fingerprint density at radius 1 is 1.37 bits per heavy atom. The van der Waals surface area contributed by atoms with E-state index in [-0.39, 0.29) is 0 Å². The molecular formula is C10H9Br3N4O2. The summed E-state index contributed by atoms with van der Waals surface area (Å²) in [5.41, 5.74) is -0.252. The summed E-state index contributed by atoms with van der Waals surface area (Å²) < 4.78 is 5.27. The van der Waals surface area contributed by atoms with Gasteiger partial charge in [0, 0.05) is 16.0 Å². The maximum atomic E-state index is 11.9. The number of fused-ring (bicyclic) bond motifs is 1. The molecule has 0 fully saturated rings. The summed E-state index contributed by atoms with van der Waals surface area (Å²) in [7, 11) is 1.56. The van der Waals surface area contributed by atoms with E-state index in [0.717, 1.165) is 8.96 Å². The first-order valence-corrected chi connectivity index (χ1v) is 7.56. The van der Waals surface area contributed by atoms with E-state index in [2.05, 4.69) is 57.8 Å². The van der Waals surface area contributed by atoms with E-state index in [9.17, 15) is 9.59 Å². The quantitative estimate of drug-likeness (QED) is 0.704. The molecule has 2 heterocycles. The van der Waals surface area contributed by atoms with Crippen LogP contribution in [0.15, 0.2) is 23.3 Å². The van der Waals surface area contributed by atoms with Crippen LogP contribution in [-0.2, 0) is 13.6 Å². The molecule has 6 nitrogen and oxygen atoms in total. The zero-order valence-electron chi connectivity index (χ0n) is 10.00. The molecule has 0 aliphatic carbocycles. The van der Waals surface area contributed by atoms with Gasteiger partial charge in [-0.2, -0.15) is 0 Å². The summed E-state index contributed by atoms with van der Waals surface area (Å²) in [6.07, 6.45) is 0. The number of hydrogen-bond acceptors (Lipinski definition) is 3. The minimum atomic E-state index is -0.485. The number of halogens is 3. The molecule has 1 N–H and O–H groups in total. The summed E-state index contributed by atoms with van der Waals surface area (Å²) in [5.74, 6) is 0. The Hall–Kier alpha value is -0.670. The highest BCUT2D eigenvalue weighted by molar-refractivity contribution is 9.14. The SMILES string of the molecule is C/C(Br)=C(\Br)Cn1c(Br)nc2c1c(=O)[nH]c(=O)n2C. The average Bonchev–Trinajstić information content (AvgIpc) is 2.64. The summed E-state index contributed by atoms with van der Waals surface area (Å²) >= 11 is 10.1. The first-order valence-electron chi connectivity index (χ1n) is 5.18. The maximum absolute atomic E-state index is 11.9. The summed E-state index contributed by atoms with van der Waals surface area (Å²) in [6, 6.07) is 0. The molecule has 0 amide bonds. The number of aromatic amines is 1. The predicted molar refractivity (Wildman–Crippen MR) is 83.8 cm³/mol. The van der Waals surface area contributed by atoms with E-state index < -0.39 is 11.2 Å². The zero-order valence-corrected chi connectivity index (χ0v) is 14.8. The first kappa shape index (κ1) is 14.7. The molecule has 9 heteroatoms. The molecule has 19 heavy (non-hydrogen) atoms. The van der Waals surface area contributed by atoms with Crippen LogP contribution in [0.1, 0.15) is 6.92 Å². The molecule has 0 aliphatic heterocycles. The fraction of sp³-hybridized carbons (Fsp3) is 0.300. The number of H-pyrrole nitrogens is 1. The molecular weight excluding hydrogens is 448 g/mol. The van der Waals surface area contributed by atoms with Crippen molar-refractivity contribution in [3.63, 3.8) is 0 Å². The lowest BCUT2D eigenvalue weighted by atomic mass is 10.4. The Kier molecular flexibility index (Phi) is 4.17. The summed E-state index contributed by atoms with van der Waals surface area (Å²) in [5, 5.41) is 0. The Bertz CT molecular complexity index is 795. The molecule has 0 aromatic carbocycles. The van der Waals surface area contributed by atoms with Crippen molar-refractivity contribution in [2.45, 2.75) is 13.5 Å². The van der Waals surface area contributed by atoms with Crippen LogP contribution in [0.25, 0.3) is 11.2 Å². The van der Waals surface area contributed by atoms with Crippen LogP contribution >= 0.6 is 47.8 Å². The van der Waals surface area contributed by atoms with Crippen molar-refractivity contribution < 1.29 is 0 Å². The molecule has 2 aromatic rings. The fourth-order valence-electron chi connectivity index (χ4n) is 1.60. The lowest BCUT2D eigenvalue weighted by Crippen LogP contribution is -2.29. The lowest BCUT2D eigenvalue weighted by molar-refractivity contribution is 0.803. The number of aryl methyl sites for hydroxylation is 1. The number of rotatable bonds is 2. The van der Waals surface area contributed by atoms with Gasteiger partial charge < -0.3 is 4.57 Å². The molecule has 102 valence electrons. The Morgan fingerprint density at radius 3 is 2.58 bits per heavy atom. The monoisotopic (exact) mass is 454 g/mol. The van der Waals surface area contributed by atoms with Gasteiger partial charge >= 0.3 is 5.69 Å². The van der Waals surface area contributed by atoms with E-state index in [1.54, 1.807) is 11.6 Å². The second-order valence-electron chi connectivity index (χ2n) is 3.90. The van der Waals surface area contributed by atoms with Crippen molar-refractivity contribution in [3.05, 3.63) is 34.5 Å². The van der Waals surface area contributed by atoms with Crippen molar-refractivity contribution in [2.75, 3.05) is 0 Å². The molecule has 2 rings (SSSR count). The van der Waals surface area contributed by atoms with Crippen LogP contribution in [0.5, 0.6) is 0 Å². The largest absolute Gasteiger partial charge is 0.329 e. The highest BCUT2D eigenvalue weighted by Crippen LogP contribution is 2.23. The molecule has 0 aliphatic rings. The maximum Gasteiger partial charge on any atom is 0.329 e. The van der Waals surface area contributed by atoms with Crippen LogP contribution in [0, 0.1) is 0 Å². The molecule has 0 saturated heterocycles. The van der Waals surface area contributed by atoms with Gasteiger partial charge in [-0.15, -0.1) is 0 Å². The van der Waals surface area contributed by atoms with Crippen molar-refractivity contribution in [1.82, 2.24) is 19.1 Å². The minimum Gasteiger partial charge on any atom is -0.308 e. The molecule has 2 aromatic heterocycles. The second-order valence-corrected chi connectivity index (χ2v) is 6.75. The highest BCUT2D eigenvalue weighted by Gasteiger charge is 2.16. The molecule has 0 atom stereocenters. The molecule has 0 spiro atoms. The Labute approximate surface area is 132 Å². The molecule has 0 unspecified atom stereocenters. The number of allylic oxidation sites excluding steroid dienone is 2. The third-order valence-corrected chi connectivity index (χ3v) is 5.09. The van der Waals surface area contributed by atoms with Gasteiger partial charge in [0.1, 0.15) is 0 Å². The van der Waals surface area contributed by atoms with Crippen LogP contribution in [0.4, 0.5) is 0 Å². The smallest absolute Gasteiger partial charge is 0.308 e. The van der Waals surface area contributed by atoms with Crippen molar-refractivity contribution in [3.8, 4) is 0 Å². The average molecular weight is 457 g/mol. The number of nitrogens with one attached hydrogen (secondary N) is 1. The zero-order chi connectivity index (χ0) is 14.3. The normalized spacial score (nSPS) is 12.9. The van der Waals surface area contributed by atoms with Gasteiger partial charge in [-0.05, 0) is 22.9 Å². The third-order valence-electron chi connectivity index (χ3n) is 2.63. The van der Waals surface area contributed by atoms with Gasteiger partial charge in [-0.25, -0.2) is 9.78 Å². The first-order chi connectivity index (χ1) is 8.82. The highest BCUT2D eigenvalue weighted by atomic mass is 79.9. The van der Waals surface area contributed by atoms with Gasteiger partial charge in [0.05, 0.1) is 6.54 Å². The summed E-state index contributed by atoms with van der Waals surface area (Å²) in [6.45, 7) is 2.31. The molecule has 0 saturated carbocycles. The number of aromatic nitrogens is 4. The second kappa shape index (κ2) is 5.37. The minimum absolute atomic E-state index is 0.341. The van der Waals surface area contributed by atoms with Crippen LogP contribution in [-0.4, -0.2) is 19.1 Å². The van der Waals surface area contributed by atoms with Gasteiger partial charge in [-0.1, -0.05) is 31.9 Å². The van der Waals surface area contributed by atoms with Crippen LogP contribution in [0.3, 0.4) is 0 Å². The van der Waals surface area contributed by atoms with Crippen molar-refractivity contribution in [1.29, 1.82) is 0 Å². The third kappa shape index (κ3) is 2.63. The van der Waals surface area contributed by atoms with Crippen molar-refractivity contribution >= 4 is 59.0 Å². The Balaban J connectivity index is 2.80. The number of nitrogens with zero attached hydrogens (tertiary/aromatic N) is 3. The topological polar surface area (TPSA) is 72.7 Å². The van der Waals surface area contributed by atoms with Crippen LogP contribution < -0.4 is 11.2 Å². The van der Waals surface area contributed by atoms with E-state index >= 15 is 0 Å². The van der Waals surface area contributed by atoms with Gasteiger partial charge in [0.25, 0.3) is 5.56 Å². The number of hydrogen-bond donors (Lipinski definition) is 1. The van der Waals surface area contributed by atoms with E-state index in [1.165, 1.54) is 4.57 Å². The molecule has 0 bridgehead atoms.